The summed E-state index contributed by atoms with van der Waals surface area (Å²) in [6, 6.07) is 15.1. The van der Waals surface area contributed by atoms with Crippen LogP contribution in [0.2, 0.25) is 5.02 Å². The number of nitrogens with zero attached hydrogens (tertiary/aromatic N) is 4. The van der Waals surface area contributed by atoms with Gasteiger partial charge in [-0.05, 0) is 44.0 Å². The number of rotatable bonds is 4. The molecule has 1 amide bonds. The molecule has 1 aliphatic carbocycles. The number of halogens is 1. The predicted molar refractivity (Wildman–Crippen MR) is 133 cm³/mol. The Bertz CT molecular complexity index is 1420. The van der Waals surface area contributed by atoms with Crippen LogP contribution >= 0.6 is 11.6 Å². The molecule has 7 heteroatoms. The number of carbonyl (C=O) groups is 1. The first-order valence-corrected chi connectivity index (χ1v) is 12.0. The SMILES string of the molecule is CCN(C(=O)c1nn(C2CCCCC2)c(=O)c2c1c1ccccc1n2C)c1cccc(Cl)c1. The molecule has 2 aromatic carbocycles. The third kappa shape index (κ3) is 3.62. The second kappa shape index (κ2) is 8.67. The molecule has 1 saturated carbocycles. The van der Waals surface area contributed by atoms with Gasteiger partial charge in [-0.2, -0.15) is 5.10 Å². The van der Waals surface area contributed by atoms with E-state index in [0.717, 1.165) is 36.6 Å². The zero-order valence-electron chi connectivity index (χ0n) is 18.9. The number of amides is 1. The standard InChI is InChI=1S/C26H27ClN4O2/c1-3-30(19-13-9-10-17(27)16-19)25(32)23-22-20-14-7-8-15-21(20)29(2)24(22)26(33)31(28-23)18-11-5-4-6-12-18/h7-10,13-16,18H,3-6,11-12H2,1-2H3. The van der Waals surface area contributed by atoms with Gasteiger partial charge in [0, 0.05) is 40.6 Å². The average molecular weight is 463 g/mol. The third-order valence-electron chi connectivity index (χ3n) is 6.77. The summed E-state index contributed by atoms with van der Waals surface area (Å²) in [7, 11) is 1.89. The van der Waals surface area contributed by atoms with Crippen LogP contribution in [-0.4, -0.2) is 26.8 Å². The monoisotopic (exact) mass is 462 g/mol. The molecule has 4 aromatic rings. The molecule has 2 heterocycles. The summed E-state index contributed by atoms with van der Waals surface area (Å²) in [6.07, 6.45) is 5.12. The van der Waals surface area contributed by atoms with Gasteiger partial charge in [0.1, 0.15) is 5.52 Å². The quantitative estimate of drug-likeness (QED) is 0.390. The maximum Gasteiger partial charge on any atom is 0.291 e. The van der Waals surface area contributed by atoms with Crippen molar-refractivity contribution in [3.63, 3.8) is 0 Å². The van der Waals surface area contributed by atoms with E-state index in [4.69, 9.17) is 16.7 Å². The Morgan fingerprint density at radius 1 is 1.12 bits per heavy atom. The molecule has 6 nitrogen and oxygen atoms in total. The summed E-state index contributed by atoms with van der Waals surface area (Å²) < 4.78 is 3.49. The van der Waals surface area contributed by atoms with Gasteiger partial charge in [0.2, 0.25) is 0 Å². The highest BCUT2D eigenvalue weighted by Crippen LogP contribution is 2.32. The van der Waals surface area contributed by atoms with Crippen molar-refractivity contribution in [2.75, 3.05) is 11.4 Å². The van der Waals surface area contributed by atoms with Gasteiger partial charge in [0.15, 0.2) is 5.69 Å². The largest absolute Gasteiger partial charge is 0.339 e. The fourth-order valence-electron chi connectivity index (χ4n) is 5.13. The molecular formula is C26H27ClN4O2. The highest BCUT2D eigenvalue weighted by Gasteiger charge is 2.28. The minimum Gasteiger partial charge on any atom is -0.339 e. The number of hydrogen-bond donors (Lipinski definition) is 0. The van der Waals surface area contributed by atoms with Gasteiger partial charge >= 0.3 is 0 Å². The van der Waals surface area contributed by atoms with Crippen LogP contribution in [0.15, 0.2) is 53.3 Å². The number of aromatic nitrogens is 3. The summed E-state index contributed by atoms with van der Waals surface area (Å²) in [5, 5.41) is 6.82. The van der Waals surface area contributed by atoms with E-state index >= 15 is 0 Å². The summed E-state index contributed by atoms with van der Waals surface area (Å²) in [6.45, 7) is 2.38. The Hall–Kier alpha value is -3.12. The first-order chi connectivity index (χ1) is 16.0. The average Bonchev–Trinajstić information content (AvgIpc) is 3.14. The molecule has 170 valence electrons. The fraction of sp³-hybridized carbons (Fsp3) is 0.346. The maximum atomic E-state index is 14.0. The molecule has 0 spiro atoms. The van der Waals surface area contributed by atoms with E-state index in [1.54, 1.807) is 21.7 Å². The first-order valence-electron chi connectivity index (χ1n) is 11.6. The zero-order chi connectivity index (χ0) is 23.1. The molecule has 0 bridgehead atoms. The van der Waals surface area contributed by atoms with Gasteiger partial charge in [0.25, 0.3) is 11.5 Å². The van der Waals surface area contributed by atoms with Crippen molar-refractivity contribution in [1.82, 2.24) is 14.3 Å². The van der Waals surface area contributed by atoms with E-state index in [2.05, 4.69) is 0 Å². The van der Waals surface area contributed by atoms with Crippen molar-refractivity contribution >= 4 is 45.0 Å². The Kier molecular flexibility index (Phi) is 5.71. The number of aryl methyl sites for hydroxylation is 1. The van der Waals surface area contributed by atoms with Gasteiger partial charge in [-0.25, -0.2) is 4.68 Å². The lowest BCUT2D eigenvalue weighted by Crippen LogP contribution is -2.36. The highest BCUT2D eigenvalue weighted by atomic mass is 35.5. The number of benzene rings is 2. The van der Waals surface area contributed by atoms with Crippen LogP contribution in [0.1, 0.15) is 55.6 Å². The van der Waals surface area contributed by atoms with E-state index in [-0.39, 0.29) is 17.5 Å². The highest BCUT2D eigenvalue weighted by molar-refractivity contribution is 6.31. The molecule has 33 heavy (non-hydrogen) atoms. The molecule has 0 unspecified atom stereocenters. The molecule has 1 aliphatic rings. The number of fused-ring (bicyclic) bond motifs is 3. The molecule has 1 fully saturated rings. The van der Waals surface area contributed by atoms with Gasteiger partial charge in [0.05, 0.1) is 6.04 Å². The molecule has 5 rings (SSSR count). The van der Waals surface area contributed by atoms with E-state index < -0.39 is 0 Å². The normalized spacial score (nSPS) is 14.8. The van der Waals surface area contributed by atoms with Crippen molar-refractivity contribution < 1.29 is 4.79 Å². The molecule has 2 aromatic heterocycles. The van der Waals surface area contributed by atoms with Crippen molar-refractivity contribution in [2.45, 2.75) is 45.1 Å². The van der Waals surface area contributed by atoms with E-state index in [9.17, 15) is 9.59 Å². The summed E-state index contributed by atoms with van der Waals surface area (Å²) in [5.41, 5.74) is 2.34. The van der Waals surface area contributed by atoms with Gasteiger partial charge in [-0.1, -0.05) is 55.1 Å². The second-order valence-corrected chi connectivity index (χ2v) is 9.16. The van der Waals surface area contributed by atoms with E-state index in [0.29, 0.717) is 33.9 Å². The third-order valence-corrected chi connectivity index (χ3v) is 7.00. The van der Waals surface area contributed by atoms with E-state index in [1.165, 1.54) is 6.42 Å². The lowest BCUT2D eigenvalue weighted by molar-refractivity contribution is 0.0982. The maximum absolute atomic E-state index is 14.0. The van der Waals surface area contributed by atoms with Crippen LogP contribution in [0.25, 0.3) is 21.8 Å². The molecule has 0 aliphatic heterocycles. The number of hydrogen-bond acceptors (Lipinski definition) is 3. The van der Waals surface area contributed by atoms with Crippen LogP contribution in [-0.2, 0) is 7.05 Å². The minimum absolute atomic E-state index is 0.0152. The van der Waals surface area contributed by atoms with Gasteiger partial charge in [-0.15, -0.1) is 0 Å². The van der Waals surface area contributed by atoms with Crippen LogP contribution in [0.3, 0.4) is 0 Å². The summed E-state index contributed by atoms with van der Waals surface area (Å²) >= 11 is 6.22. The minimum atomic E-state index is -0.231. The lowest BCUT2D eigenvalue weighted by atomic mass is 9.95. The van der Waals surface area contributed by atoms with Crippen molar-refractivity contribution in [3.05, 3.63) is 69.6 Å². The topological polar surface area (TPSA) is 60.1 Å². The predicted octanol–water partition coefficient (Wildman–Crippen LogP) is 5.71. The lowest BCUT2D eigenvalue weighted by Gasteiger charge is -2.25. The zero-order valence-corrected chi connectivity index (χ0v) is 19.7. The second-order valence-electron chi connectivity index (χ2n) is 8.72. The fourth-order valence-corrected chi connectivity index (χ4v) is 5.32. The first kappa shape index (κ1) is 21.7. The Balaban J connectivity index is 1.79. The summed E-state index contributed by atoms with van der Waals surface area (Å²) in [5.74, 6) is -0.231. The van der Waals surface area contributed by atoms with Crippen molar-refractivity contribution in [1.29, 1.82) is 0 Å². The van der Waals surface area contributed by atoms with Crippen molar-refractivity contribution in [3.8, 4) is 0 Å². The van der Waals surface area contributed by atoms with Crippen molar-refractivity contribution in [2.24, 2.45) is 7.05 Å². The van der Waals surface area contributed by atoms with Gasteiger partial charge < -0.3 is 9.47 Å². The van der Waals surface area contributed by atoms with E-state index in [1.807, 2.05) is 54.9 Å². The Morgan fingerprint density at radius 3 is 2.61 bits per heavy atom. The van der Waals surface area contributed by atoms with Crippen LogP contribution in [0, 0.1) is 0 Å². The number of carbonyl (C=O) groups excluding carboxylic acids is 1. The molecule has 0 saturated heterocycles. The number of anilines is 1. The number of para-hydroxylation sites is 1. The van der Waals surface area contributed by atoms with Crippen LogP contribution in [0.5, 0.6) is 0 Å². The smallest absolute Gasteiger partial charge is 0.291 e. The van der Waals surface area contributed by atoms with Gasteiger partial charge in [-0.3, -0.25) is 9.59 Å². The van der Waals surface area contributed by atoms with Crippen LogP contribution < -0.4 is 10.5 Å². The summed E-state index contributed by atoms with van der Waals surface area (Å²) in [4.78, 5) is 29.4. The Morgan fingerprint density at radius 2 is 1.88 bits per heavy atom. The van der Waals surface area contributed by atoms with Crippen LogP contribution in [0.4, 0.5) is 5.69 Å². The molecule has 0 radical (unpaired) electrons. The molecular weight excluding hydrogens is 436 g/mol. The molecule has 0 N–H and O–H groups in total. The molecule has 0 atom stereocenters. The Labute approximate surface area is 197 Å².